The van der Waals surface area contributed by atoms with Crippen molar-refractivity contribution >= 4 is 5.91 Å². The van der Waals surface area contributed by atoms with Crippen LogP contribution in [0.1, 0.15) is 27.3 Å². The molecule has 2 aromatic rings. The van der Waals surface area contributed by atoms with Gasteiger partial charge in [-0.3, -0.25) is 14.6 Å². The summed E-state index contributed by atoms with van der Waals surface area (Å²) >= 11 is 0. The van der Waals surface area contributed by atoms with Crippen LogP contribution in [0.15, 0.2) is 23.1 Å². The Morgan fingerprint density at radius 2 is 2.04 bits per heavy atom. The highest BCUT2D eigenvalue weighted by Gasteiger charge is 2.17. The van der Waals surface area contributed by atoms with Gasteiger partial charge in [0.25, 0.3) is 11.5 Å². The molecule has 0 aliphatic rings. The molecule has 7 nitrogen and oxygen atoms in total. The predicted molar refractivity (Wildman–Crippen MR) is 85.5 cm³/mol. The molecule has 0 spiro atoms. The van der Waals surface area contributed by atoms with Crippen molar-refractivity contribution in [2.75, 3.05) is 14.2 Å². The van der Waals surface area contributed by atoms with Crippen LogP contribution in [0, 0.1) is 13.8 Å². The molecule has 0 fully saturated rings. The maximum atomic E-state index is 12.4. The van der Waals surface area contributed by atoms with Gasteiger partial charge in [0, 0.05) is 37.5 Å². The molecule has 0 aliphatic carbocycles. The van der Waals surface area contributed by atoms with E-state index < -0.39 is 0 Å². The summed E-state index contributed by atoms with van der Waals surface area (Å²) in [7, 11) is 4.79. The zero-order chi connectivity index (χ0) is 17.1. The van der Waals surface area contributed by atoms with Gasteiger partial charge in [-0.25, -0.2) is 4.68 Å². The molecule has 2 rings (SSSR count). The van der Waals surface area contributed by atoms with E-state index in [9.17, 15) is 9.59 Å². The highest BCUT2D eigenvalue weighted by atomic mass is 16.5. The lowest BCUT2D eigenvalue weighted by Crippen LogP contribution is -2.30. The fourth-order valence-corrected chi connectivity index (χ4v) is 2.34. The predicted octanol–water partition coefficient (Wildman–Crippen LogP) is 1.07. The number of ether oxygens (including phenoxy) is 1. The van der Waals surface area contributed by atoms with Gasteiger partial charge >= 0.3 is 0 Å². The standard InChI is InChI=1S/C16H20N4O3/c1-10-8-17-13(11(2)15(10)23-5)9-19(3)16(22)12-6-7-14(21)20(4)18-12/h6-8H,9H2,1-5H3. The summed E-state index contributed by atoms with van der Waals surface area (Å²) in [5.41, 5.74) is 2.56. The number of amides is 1. The molecule has 0 aromatic carbocycles. The van der Waals surface area contributed by atoms with E-state index in [1.165, 1.54) is 24.1 Å². The molecule has 2 aromatic heterocycles. The molecule has 23 heavy (non-hydrogen) atoms. The first kappa shape index (κ1) is 16.7. The second-order valence-corrected chi connectivity index (χ2v) is 5.39. The number of hydrogen-bond acceptors (Lipinski definition) is 5. The van der Waals surface area contributed by atoms with E-state index >= 15 is 0 Å². The minimum Gasteiger partial charge on any atom is -0.496 e. The zero-order valence-corrected chi connectivity index (χ0v) is 14.0. The minimum absolute atomic E-state index is 0.214. The summed E-state index contributed by atoms with van der Waals surface area (Å²) in [5.74, 6) is 0.498. The Hall–Kier alpha value is -2.70. The molecule has 0 atom stereocenters. The van der Waals surface area contributed by atoms with Crippen molar-refractivity contribution in [2.45, 2.75) is 20.4 Å². The maximum absolute atomic E-state index is 12.4. The Bertz CT molecular complexity index is 798. The Morgan fingerprint density at radius 1 is 1.35 bits per heavy atom. The van der Waals surface area contributed by atoms with E-state index in [1.807, 2.05) is 13.8 Å². The fraction of sp³-hybridized carbons (Fsp3) is 0.375. The van der Waals surface area contributed by atoms with Crippen LogP contribution in [-0.4, -0.2) is 39.7 Å². The normalized spacial score (nSPS) is 10.5. The molecule has 2 heterocycles. The van der Waals surface area contributed by atoms with E-state index in [4.69, 9.17) is 4.74 Å². The molecule has 1 amide bonds. The quantitative estimate of drug-likeness (QED) is 0.843. The topological polar surface area (TPSA) is 77.3 Å². The lowest BCUT2D eigenvalue weighted by atomic mass is 10.1. The van der Waals surface area contributed by atoms with Crippen LogP contribution >= 0.6 is 0 Å². The van der Waals surface area contributed by atoms with Crippen molar-refractivity contribution < 1.29 is 9.53 Å². The summed E-state index contributed by atoms with van der Waals surface area (Å²) in [6.07, 6.45) is 1.73. The van der Waals surface area contributed by atoms with Crippen molar-refractivity contribution in [2.24, 2.45) is 7.05 Å². The molecule has 0 saturated carbocycles. The molecule has 7 heteroatoms. The molecule has 0 aliphatic heterocycles. The molecule has 0 bridgehead atoms. The van der Waals surface area contributed by atoms with E-state index in [1.54, 1.807) is 20.4 Å². The number of rotatable bonds is 4. The lowest BCUT2D eigenvalue weighted by molar-refractivity contribution is 0.0774. The smallest absolute Gasteiger partial charge is 0.274 e. The number of nitrogens with zero attached hydrogens (tertiary/aromatic N) is 4. The summed E-state index contributed by atoms with van der Waals surface area (Å²) in [4.78, 5) is 29.7. The first-order valence-corrected chi connectivity index (χ1v) is 7.14. The van der Waals surface area contributed by atoms with Crippen LogP contribution < -0.4 is 10.3 Å². The number of hydrogen-bond donors (Lipinski definition) is 0. The summed E-state index contributed by atoms with van der Waals surface area (Å²) in [5, 5.41) is 3.97. The van der Waals surface area contributed by atoms with Gasteiger partial charge in [-0.05, 0) is 19.9 Å². The largest absolute Gasteiger partial charge is 0.496 e. The second-order valence-electron chi connectivity index (χ2n) is 5.39. The average Bonchev–Trinajstić information content (AvgIpc) is 2.52. The van der Waals surface area contributed by atoms with Gasteiger partial charge in [0.15, 0.2) is 0 Å². The Balaban J connectivity index is 2.25. The van der Waals surface area contributed by atoms with Crippen molar-refractivity contribution in [3.8, 4) is 5.75 Å². The number of pyridine rings is 1. The monoisotopic (exact) mass is 316 g/mol. The van der Waals surface area contributed by atoms with Crippen molar-refractivity contribution in [1.82, 2.24) is 19.7 Å². The maximum Gasteiger partial charge on any atom is 0.274 e. The summed E-state index contributed by atoms with van der Waals surface area (Å²) < 4.78 is 6.52. The van der Waals surface area contributed by atoms with E-state index in [0.29, 0.717) is 6.54 Å². The molecular weight excluding hydrogens is 296 g/mol. The molecule has 0 saturated heterocycles. The minimum atomic E-state index is -0.277. The number of carbonyl (C=O) groups excluding carboxylic acids is 1. The Morgan fingerprint density at radius 3 is 2.65 bits per heavy atom. The Labute approximate surface area is 134 Å². The third-order valence-electron chi connectivity index (χ3n) is 3.66. The van der Waals surface area contributed by atoms with E-state index in [-0.39, 0.29) is 17.2 Å². The molecular formula is C16H20N4O3. The zero-order valence-electron chi connectivity index (χ0n) is 14.0. The van der Waals surface area contributed by atoms with Gasteiger partial charge in [0.05, 0.1) is 19.3 Å². The molecule has 0 unspecified atom stereocenters. The molecule has 122 valence electrons. The summed E-state index contributed by atoms with van der Waals surface area (Å²) in [6, 6.07) is 2.75. The SMILES string of the molecule is COc1c(C)cnc(CN(C)C(=O)c2ccc(=O)n(C)n2)c1C. The third-order valence-corrected chi connectivity index (χ3v) is 3.66. The van der Waals surface area contributed by atoms with Crippen LogP contribution in [0.3, 0.4) is 0 Å². The average molecular weight is 316 g/mol. The van der Waals surface area contributed by atoms with Crippen LogP contribution in [0.4, 0.5) is 0 Å². The van der Waals surface area contributed by atoms with Gasteiger partial charge in [-0.15, -0.1) is 0 Å². The van der Waals surface area contributed by atoms with Gasteiger partial charge < -0.3 is 9.64 Å². The van der Waals surface area contributed by atoms with Gasteiger partial charge in [-0.2, -0.15) is 5.10 Å². The van der Waals surface area contributed by atoms with Crippen LogP contribution in [0.25, 0.3) is 0 Å². The van der Waals surface area contributed by atoms with Gasteiger partial charge in [0.1, 0.15) is 11.4 Å². The van der Waals surface area contributed by atoms with Crippen molar-refractivity contribution in [1.29, 1.82) is 0 Å². The number of aryl methyl sites for hydroxylation is 2. The first-order valence-electron chi connectivity index (χ1n) is 7.14. The van der Waals surface area contributed by atoms with Crippen molar-refractivity contribution in [3.63, 3.8) is 0 Å². The van der Waals surface area contributed by atoms with Gasteiger partial charge in [0.2, 0.25) is 0 Å². The van der Waals surface area contributed by atoms with Crippen LogP contribution in [-0.2, 0) is 13.6 Å². The summed E-state index contributed by atoms with van der Waals surface area (Å²) in [6.45, 7) is 4.16. The fourth-order valence-electron chi connectivity index (χ4n) is 2.34. The first-order chi connectivity index (χ1) is 10.8. The number of methoxy groups -OCH3 is 1. The lowest BCUT2D eigenvalue weighted by Gasteiger charge is -2.19. The Kier molecular flexibility index (Phi) is 4.78. The van der Waals surface area contributed by atoms with Crippen LogP contribution in [0.5, 0.6) is 5.75 Å². The van der Waals surface area contributed by atoms with Gasteiger partial charge in [-0.1, -0.05) is 0 Å². The highest BCUT2D eigenvalue weighted by Crippen LogP contribution is 2.24. The van der Waals surface area contributed by atoms with E-state index in [2.05, 4.69) is 10.1 Å². The number of carbonyl (C=O) groups is 1. The molecule has 0 radical (unpaired) electrons. The van der Waals surface area contributed by atoms with E-state index in [0.717, 1.165) is 27.3 Å². The number of aromatic nitrogens is 3. The van der Waals surface area contributed by atoms with Crippen LogP contribution in [0.2, 0.25) is 0 Å². The third kappa shape index (κ3) is 3.39. The molecule has 0 N–H and O–H groups in total. The second kappa shape index (κ2) is 6.60. The highest BCUT2D eigenvalue weighted by molar-refractivity contribution is 5.91. The van der Waals surface area contributed by atoms with Crippen molar-refractivity contribution in [3.05, 3.63) is 51.2 Å².